The minimum absolute atomic E-state index is 0.375. The van der Waals surface area contributed by atoms with Gasteiger partial charge in [0.2, 0.25) is 0 Å². The number of hydrogen-bond acceptors (Lipinski definition) is 5. The molecule has 0 aromatic heterocycles. The van der Waals surface area contributed by atoms with E-state index in [1.165, 1.54) is 0 Å². The maximum Gasteiger partial charge on any atom is 0.266 e. The Morgan fingerprint density at radius 2 is 2.36 bits per heavy atom. The summed E-state index contributed by atoms with van der Waals surface area (Å²) in [6.45, 7) is 1.60. The molecule has 11 heavy (non-hydrogen) atoms. The van der Waals surface area contributed by atoms with Crippen LogP contribution in [0.4, 0.5) is 0 Å². The molecule has 1 rings (SSSR count). The second-order valence-electron chi connectivity index (χ2n) is 2.21. The first-order valence-electron chi connectivity index (χ1n) is 2.90. The molecule has 2 N–H and O–H groups in total. The monoisotopic (exact) mass is 179 g/mol. The molecule has 3 atom stereocenters. The van der Waals surface area contributed by atoms with Gasteiger partial charge >= 0.3 is 0 Å². The molecule has 1 fully saturated rings. The van der Waals surface area contributed by atoms with Gasteiger partial charge in [-0.1, -0.05) is 0 Å². The molecular formula is C4H7N2O4S-. The molecule has 1 aliphatic rings. The van der Waals surface area contributed by atoms with E-state index in [0.29, 0.717) is 0 Å². The molecule has 0 aromatic rings. The van der Waals surface area contributed by atoms with Crippen LogP contribution in [-0.2, 0) is 20.4 Å². The summed E-state index contributed by atoms with van der Waals surface area (Å²) in [7, 11) is 0. The lowest BCUT2D eigenvalue weighted by atomic mass is 10.0. The van der Waals surface area contributed by atoms with E-state index in [1.54, 1.807) is 6.92 Å². The van der Waals surface area contributed by atoms with Gasteiger partial charge in [-0.25, -0.2) is 9.27 Å². The molecule has 0 saturated carbocycles. The number of nitrogens with two attached hydrogens (primary N) is 1. The molecule has 0 spiro atoms. The zero-order valence-corrected chi connectivity index (χ0v) is 6.54. The van der Waals surface area contributed by atoms with Gasteiger partial charge in [-0.3, -0.25) is 4.79 Å². The number of hydroxylamine groups is 2. The van der Waals surface area contributed by atoms with Crippen molar-refractivity contribution in [2.24, 2.45) is 5.73 Å². The Morgan fingerprint density at radius 1 is 1.82 bits per heavy atom. The Labute approximate surface area is 65.7 Å². The maximum atomic E-state index is 10.7. The number of rotatable bonds is 2. The summed E-state index contributed by atoms with van der Waals surface area (Å²) in [6, 6.07) is -1.01. The SMILES string of the molecule is CC1C(N)C(=O)N1OS(=O)[O-]. The summed E-state index contributed by atoms with van der Waals surface area (Å²) in [4.78, 5) is 10.7. The predicted octanol–water partition coefficient (Wildman–Crippen LogP) is -1.73. The lowest BCUT2D eigenvalue weighted by molar-refractivity contribution is -0.191. The number of carbonyl (C=O) groups is 1. The molecule has 64 valence electrons. The average Bonchev–Trinajstić information content (AvgIpc) is 1.98. The van der Waals surface area contributed by atoms with Crippen molar-refractivity contribution in [2.45, 2.75) is 19.0 Å². The van der Waals surface area contributed by atoms with Crippen LogP contribution < -0.4 is 5.73 Å². The van der Waals surface area contributed by atoms with Gasteiger partial charge in [-0.2, -0.15) is 4.28 Å². The Balaban J connectivity index is 2.49. The topological polar surface area (TPSA) is 95.7 Å². The Kier molecular flexibility index (Phi) is 2.23. The van der Waals surface area contributed by atoms with Crippen molar-refractivity contribution in [2.75, 3.05) is 0 Å². The van der Waals surface area contributed by atoms with Gasteiger partial charge in [0.1, 0.15) is 17.4 Å². The van der Waals surface area contributed by atoms with Crippen LogP contribution in [0.15, 0.2) is 0 Å². The molecule has 6 nitrogen and oxygen atoms in total. The Morgan fingerprint density at radius 3 is 2.73 bits per heavy atom. The molecule has 0 radical (unpaired) electrons. The van der Waals surface area contributed by atoms with E-state index in [2.05, 4.69) is 4.28 Å². The molecular weight excluding hydrogens is 172 g/mol. The van der Waals surface area contributed by atoms with Crippen molar-refractivity contribution in [3.05, 3.63) is 0 Å². The third-order valence-corrected chi connectivity index (χ3v) is 1.82. The summed E-state index contributed by atoms with van der Waals surface area (Å²) in [5.41, 5.74) is 5.26. The Hall–Kier alpha value is -0.500. The van der Waals surface area contributed by atoms with Gasteiger partial charge in [0, 0.05) is 0 Å². The lowest BCUT2D eigenvalue weighted by Gasteiger charge is -2.41. The van der Waals surface area contributed by atoms with E-state index < -0.39 is 23.3 Å². The first-order valence-corrected chi connectivity index (χ1v) is 3.90. The van der Waals surface area contributed by atoms with E-state index >= 15 is 0 Å². The number of nitrogens with zero attached hydrogens (tertiary/aromatic N) is 1. The number of β-lactam (4-membered cyclic amide) rings is 1. The molecule has 0 aliphatic carbocycles. The molecule has 1 heterocycles. The zero-order chi connectivity index (χ0) is 8.59. The number of hydrogen-bond donors (Lipinski definition) is 1. The minimum atomic E-state index is -2.70. The van der Waals surface area contributed by atoms with E-state index in [0.717, 1.165) is 5.06 Å². The molecule has 1 aliphatic heterocycles. The first-order chi connectivity index (χ1) is 5.04. The van der Waals surface area contributed by atoms with E-state index in [9.17, 15) is 13.6 Å². The molecule has 7 heteroatoms. The fraction of sp³-hybridized carbons (Fsp3) is 0.750. The fourth-order valence-corrected chi connectivity index (χ4v) is 1.13. The van der Waals surface area contributed by atoms with Crippen LogP contribution in [0.5, 0.6) is 0 Å². The van der Waals surface area contributed by atoms with Crippen molar-refractivity contribution < 1.29 is 17.8 Å². The van der Waals surface area contributed by atoms with Crippen molar-refractivity contribution in [3.63, 3.8) is 0 Å². The zero-order valence-electron chi connectivity index (χ0n) is 5.72. The van der Waals surface area contributed by atoms with Crippen LogP contribution in [0.1, 0.15) is 6.92 Å². The van der Waals surface area contributed by atoms with Crippen molar-refractivity contribution in [3.8, 4) is 0 Å². The number of carbonyl (C=O) groups excluding carboxylic acids is 1. The summed E-state index contributed by atoms with van der Waals surface area (Å²) in [5.74, 6) is -0.512. The van der Waals surface area contributed by atoms with Crippen LogP contribution in [0.25, 0.3) is 0 Å². The van der Waals surface area contributed by atoms with Gasteiger partial charge < -0.3 is 10.3 Å². The predicted molar refractivity (Wildman–Crippen MR) is 34.3 cm³/mol. The van der Waals surface area contributed by atoms with Crippen LogP contribution in [0, 0.1) is 0 Å². The highest BCUT2D eigenvalue weighted by Gasteiger charge is 2.43. The van der Waals surface area contributed by atoms with Crippen LogP contribution in [0.3, 0.4) is 0 Å². The highest BCUT2D eigenvalue weighted by atomic mass is 32.2. The van der Waals surface area contributed by atoms with Crippen molar-refractivity contribution >= 4 is 17.3 Å². The van der Waals surface area contributed by atoms with Crippen LogP contribution in [-0.4, -0.2) is 31.8 Å². The summed E-state index contributed by atoms with van der Waals surface area (Å²) >= 11 is -2.70. The largest absolute Gasteiger partial charge is 0.748 e. The third-order valence-electron chi connectivity index (χ3n) is 1.53. The second kappa shape index (κ2) is 2.86. The standard InChI is InChI=1S/C4H8N2O4S/c1-2-3(5)4(7)6(2)10-11(8)9/h2-3H,5H2,1H3,(H,8,9)/p-1. The minimum Gasteiger partial charge on any atom is -0.748 e. The van der Waals surface area contributed by atoms with Gasteiger partial charge in [0.15, 0.2) is 0 Å². The summed E-state index contributed by atoms with van der Waals surface area (Å²) in [6.07, 6.45) is 0. The lowest BCUT2D eigenvalue weighted by Crippen LogP contribution is -2.67. The first kappa shape index (κ1) is 8.60. The van der Waals surface area contributed by atoms with Gasteiger partial charge in [0.05, 0.1) is 6.04 Å². The maximum absolute atomic E-state index is 10.7. The van der Waals surface area contributed by atoms with Crippen molar-refractivity contribution in [1.82, 2.24) is 5.06 Å². The molecule has 1 amide bonds. The van der Waals surface area contributed by atoms with Gasteiger partial charge in [-0.15, -0.1) is 0 Å². The highest BCUT2D eigenvalue weighted by molar-refractivity contribution is 7.74. The molecule has 0 aromatic carbocycles. The van der Waals surface area contributed by atoms with Gasteiger partial charge in [-0.05, 0) is 6.92 Å². The highest BCUT2D eigenvalue weighted by Crippen LogP contribution is 2.17. The fourth-order valence-electron chi connectivity index (χ4n) is 0.788. The van der Waals surface area contributed by atoms with Gasteiger partial charge in [0.25, 0.3) is 5.91 Å². The van der Waals surface area contributed by atoms with E-state index in [1.807, 2.05) is 0 Å². The summed E-state index contributed by atoms with van der Waals surface area (Å²) in [5, 5.41) is 0.730. The number of amides is 1. The average molecular weight is 179 g/mol. The van der Waals surface area contributed by atoms with Crippen LogP contribution >= 0.6 is 0 Å². The molecule has 3 unspecified atom stereocenters. The Bertz CT molecular complexity index is 208. The smallest absolute Gasteiger partial charge is 0.266 e. The van der Waals surface area contributed by atoms with Crippen molar-refractivity contribution in [1.29, 1.82) is 0 Å². The molecule has 1 saturated heterocycles. The van der Waals surface area contributed by atoms with Crippen LogP contribution in [0.2, 0.25) is 0 Å². The third kappa shape index (κ3) is 1.41. The molecule has 0 bridgehead atoms. The van der Waals surface area contributed by atoms with E-state index in [4.69, 9.17) is 5.73 Å². The normalized spacial score (nSPS) is 33.4. The second-order valence-corrected chi connectivity index (χ2v) is 2.77. The summed E-state index contributed by atoms with van der Waals surface area (Å²) < 4.78 is 24.0. The van der Waals surface area contributed by atoms with E-state index in [-0.39, 0.29) is 6.04 Å². The quantitative estimate of drug-likeness (QED) is 0.401.